The van der Waals surface area contributed by atoms with Gasteiger partial charge < -0.3 is 10.1 Å². The summed E-state index contributed by atoms with van der Waals surface area (Å²) in [5, 5.41) is 2.75. The minimum absolute atomic E-state index is 0.430. The lowest BCUT2D eigenvalue weighted by Crippen LogP contribution is -2.08. The van der Waals surface area contributed by atoms with E-state index >= 15 is 0 Å². The first-order valence-electron chi connectivity index (χ1n) is 2.37. The lowest BCUT2D eigenvalue weighted by molar-refractivity contribution is -0.105. The maximum Gasteiger partial charge on any atom is 0.169 e. The molecule has 3 nitrogen and oxygen atoms in total. The van der Waals surface area contributed by atoms with Gasteiger partial charge in [-0.1, -0.05) is 0 Å². The van der Waals surface area contributed by atoms with Crippen LogP contribution in [0.1, 0.15) is 6.92 Å². The summed E-state index contributed by atoms with van der Waals surface area (Å²) in [5.41, 5.74) is 0.560. The molecule has 0 aromatic heterocycles. The van der Waals surface area contributed by atoms with Crippen molar-refractivity contribution in [1.29, 1.82) is 0 Å². The van der Waals surface area contributed by atoms with Gasteiger partial charge in [0.15, 0.2) is 13.0 Å². The Labute approximate surface area is 47.3 Å². The van der Waals surface area contributed by atoms with E-state index in [4.69, 9.17) is 4.74 Å². The predicted octanol–water partition coefficient (Wildman–Crippen LogP) is -0.00590. The molecule has 0 saturated carbocycles. The molecule has 1 heterocycles. The molecule has 0 saturated heterocycles. The minimum Gasteiger partial charge on any atom is -0.476 e. The first-order valence-corrected chi connectivity index (χ1v) is 2.37. The van der Waals surface area contributed by atoms with Gasteiger partial charge in [0.05, 0.1) is 0 Å². The highest BCUT2D eigenvalue weighted by atomic mass is 16.5. The van der Waals surface area contributed by atoms with Crippen molar-refractivity contribution in [2.75, 3.05) is 6.73 Å². The number of ether oxygens (including phenoxy) is 1. The molecule has 8 heavy (non-hydrogen) atoms. The summed E-state index contributed by atoms with van der Waals surface area (Å²) in [4.78, 5) is 10.0. The lowest BCUT2D eigenvalue weighted by atomic mass is 10.4. The van der Waals surface area contributed by atoms with Gasteiger partial charge in [0.2, 0.25) is 0 Å². The van der Waals surface area contributed by atoms with Crippen molar-refractivity contribution in [2.24, 2.45) is 0 Å². The topological polar surface area (TPSA) is 38.3 Å². The number of rotatable bonds is 1. The van der Waals surface area contributed by atoms with Gasteiger partial charge >= 0.3 is 0 Å². The third-order valence-corrected chi connectivity index (χ3v) is 1.05. The van der Waals surface area contributed by atoms with Crippen LogP contribution in [0.2, 0.25) is 0 Å². The number of carbonyl (C=O) groups excluding carboxylic acids is 1. The van der Waals surface area contributed by atoms with E-state index in [1.807, 2.05) is 0 Å². The Balaban J connectivity index is 2.72. The van der Waals surface area contributed by atoms with E-state index in [-0.39, 0.29) is 0 Å². The fourth-order valence-corrected chi connectivity index (χ4v) is 0.549. The van der Waals surface area contributed by atoms with E-state index in [2.05, 4.69) is 5.32 Å². The third-order valence-electron chi connectivity index (χ3n) is 1.05. The highest BCUT2D eigenvalue weighted by molar-refractivity contribution is 5.73. The molecule has 0 amide bonds. The van der Waals surface area contributed by atoms with Crippen LogP contribution in [-0.2, 0) is 9.53 Å². The Morgan fingerprint density at radius 2 is 2.62 bits per heavy atom. The smallest absolute Gasteiger partial charge is 0.169 e. The molecular weight excluding hydrogens is 106 g/mol. The molecule has 0 spiro atoms. The van der Waals surface area contributed by atoms with Crippen LogP contribution in [-0.4, -0.2) is 13.0 Å². The van der Waals surface area contributed by atoms with E-state index < -0.39 is 0 Å². The highest BCUT2D eigenvalue weighted by Gasteiger charge is 2.07. The molecule has 0 unspecified atom stereocenters. The SMILES string of the molecule is CC1=C(C=O)NCO1. The maximum absolute atomic E-state index is 10.0. The first-order chi connectivity index (χ1) is 3.84. The second-order valence-corrected chi connectivity index (χ2v) is 1.55. The fourth-order valence-electron chi connectivity index (χ4n) is 0.549. The van der Waals surface area contributed by atoms with Crippen molar-refractivity contribution in [2.45, 2.75) is 6.92 Å². The van der Waals surface area contributed by atoms with Crippen LogP contribution in [0.5, 0.6) is 0 Å². The second-order valence-electron chi connectivity index (χ2n) is 1.55. The Morgan fingerprint density at radius 3 is 2.88 bits per heavy atom. The van der Waals surface area contributed by atoms with Crippen LogP contribution in [0, 0.1) is 0 Å². The largest absolute Gasteiger partial charge is 0.476 e. The number of hydrogen-bond acceptors (Lipinski definition) is 3. The zero-order valence-corrected chi connectivity index (χ0v) is 4.60. The van der Waals surface area contributed by atoms with Crippen molar-refractivity contribution in [3.8, 4) is 0 Å². The van der Waals surface area contributed by atoms with E-state index in [0.717, 1.165) is 6.29 Å². The number of hydrogen-bond donors (Lipinski definition) is 1. The number of nitrogens with one attached hydrogen (secondary N) is 1. The third kappa shape index (κ3) is 0.665. The van der Waals surface area contributed by atoms with Gasteiger partial charge in [-0.2, -0.15) is 0 Å². The summed E-state index contributed by atoms with van der Waals surface area (Å²) in [5.74, 6) is 0.681. The molecule has 1 aliphatic heterocycles. The normalized spacial score (nSPS) is 17.6. The highest BCUT2D eigenvalue weighted by Crippen LogP contribution is 2.04. The monoisotopic (exact) mass is 113 g/mol. The van der Waals surface area contributed by atoms with Crippen molar-refractivity contribution in [1.82, 2.24) is 5.32 Å². The van der Waals surface area contributed by atoms with E-state index in [9.17, 15) is 4.79 Å². The van der Waals surface area contributed by atoms with Gasteiger partial charge in [0.25, 0.3) is 0 Å². The fraction of sp³-hybridized carbons (Fsp3) is 0.400. The average molecular weight is 113 g/mol. The van der Waals surface area contributed by atoms with Gasteiger partial charge in [-0.05, 0) is 6.92 Å². The van der Waals surface area contributed by atoms with E-state index in [1.54, 1.807) is 6.92 Å². The standard InChI is InChI=1S/C5H7NO2/c1-4-5(2-7)6-3-8-4/h2,6H,3H2,1H3. The van der Waals surface area contributed by atoms with Crippen LogP contribution in [0.4, 0.5) is 0 Å². The summed E-state index contributed by atoms with van der Waals surface area (Å²) in [6.45, 7) is 2.18. The molecule has 1 aliphatic rings. The Hall–Kier alpha value is -0.990. The van der Waals surface area contributed by atoms with Gasteiger partial charge in [0, 0.05) is 0 Å². The van der Waals surface area contributed by atoms with Crippen LogP contribution in [0.15, 0.2) is 11.5 Å². The summed E-state index contributed by atoms with van der Waals surface area (Å²) in [6, 6.07) is 0. The molecule has 0 atom stereocenters. The Bertz CT molecular complexity index is 139. The molecule has 0 aromatic carbocycles. The maximum atomic E-state index is 10.0. The molecule has 0 aromatic rings. The van der Waals surface area contributed by atoms with E-state index in [1.165, 1.54) is 0 Å². The second kappa shape index (κ2) is 1.86. The quantitative estimate of drug-likeness (QED) is 0.486. The molecule has 0 bridgehead atoms. The van der Waals surface area contributed by atoms with Crippen LogP contribution >= 0.6 is 0 Å². The van der Waals surface area contributed by atoms with Crippen molar-refractivity contribution >= 4 is 6.29 Å². The molecule has 0 aliphatic carbocycles. The van der Waals surface area contributed by atoms with Gasteiger partial charge in [-0.3, -0.25) is 4.79 Å². The zero-order chi connectivity index (χ0) is 5.98. The number of carbonyl (C=O) groups is 1. The molecule has 1 N–H and O–H groups in total. The first kappa shape index (κ1) is 5.15. The predicted molar refractivity (Wildman–Crippen MR) is 27.9 cm³/mol. The van der Waals surface area contributed by atoms with Gasteiger partial charge in [-0.15, -0.1) is 0 Å². The Kier molecular flexibility index (Phi) is 1.20. The number of allylic oxidation sites excluding steroid dienone is 2. The van der Waals surface area contributed by atoms with Crippen LogP contribution < -0.4 is 5.32 Å². The molecule has 0 radical (unpaired) electrons. The Morgan fingerprint density at radius 1 is 1.88 bits per heavy atom. The van der Waals surface area contributed by atoms with Crippen molar-refractivity contribution < 1.29 is 9.53 Å². The zero-order valence-electron chi connectivity index (χ0n) is 4.60. The molecule has 1 rings (SSSR count). The molecule has 3 heteroatoms. The van der Waals surface area contributed by atoms with Gasteiger partial charge in [0.1, 0.15) is 11.5 Å². The van der Waals surface area contributed by atoms with E-state index in [0.29, 0.717) is 18.2 Å². The van der Waals surface area contributed by atoms with Crippen LogP contribution in [0.3, 0.4) is 0 Å². The molecule has 0 fully saturated rings. The number of aldehydes is 1. The molecule has 44 valence electrons. The van der Waals surface area contributed by atoms with Crippen molar-refractivity contribution in [3.63, 3.8) is 0 Å². The summed E-state index contributed by atoms with van der Waals surface area (Å²) >= 11 is 0. The van der Waals surface area contributed by atoms with Crippen molar-refractivity contribution in [3.05, 3.63) is 11.5 Å². The summed E-state index contributed by atoms with van der Waals surface area (Å²) < 4.78 is 4.89. The van der Waals surface area contributed by atoms with Crippen LogP contribution in [0.25, 0.3) is 0 Å². The molecular formula is C5H7NO2. The van der Waals surface area contributed by atoms with Gasteiger partial charge in [-0.25, -0.2) is 0 Å². The lowest BCUT2D eigenvalue weighted by Gasteiger charge is -1.88. The summed E-state index contributed by atoms with van der Waals surface area (Å²) in [7, 11) is 0. The minimum atomic E-state index is 0.430. The average Bonchev–Trinajstić information content (AvgIpc) is 2.14. The summed E-state index contributed by atoms with van der Waals surface area (Å²) in [6.07, 6.45) is 0.752.